The monoisotopic (exact) mass is 365 g/mol. The number of anilines is 1. The minimum absolute atomic E-state index is 0.157. The number of hydrogen-bond donors (Lipinski definition) is 0. The van der Waals surface area contributed by atoms with Gasteiger partial charge in [0.1, 0.15) is 6.10 Å². The van der Waals surface area contributed by atoms with E-state index >= 15 is 0 Å². The number of amides is 1. The highest BCUT2D eigenvalue weighted by atomic mass is 16.6. The molecule has 2 fully saturated rings. The summed E-state index contributed by atoms with van der Waals surface area (Å²) in [4.78, 5) is 20.9. The second kappa shape index (κ2) is 6.40. The molecule has 2 aromatic rings. The molecule has 0 spiro atoms. The van der Waals surface area contributed by atoms with E-state index in [1.165, 1.54) is 16.8 Å². The van der Waals surface area contributed by atoms with Crippen LogP contribution in [0, 0.1) is 0 Å². The van der Waals surface area contributed by atoms with Gasteiger partial charge in [-0.15, -0.1) is 0 Å². The summed E-state index contributed by atoms with van der Waals surface area (Å²) in [7, 11) is 1.93. The molecule has 0 N–H and O–H groups in total. The number of allylic oxidation sites excluding steroid dienone is 1. The van der Waals surface area contributed by atoms with Crippen LogP contribution < -0.4 is 4.90 Å². The van der Waals surface area contributed by atoms with Gasteiger partial charge >= 0.3 is 6.09 Å². The number of aromatic nitrogens is 3. The van der Waals surface area contributed by atoms with Crippen LogP contribution in [0.4, 0.5) is 10.5 Å². The Kier molecular flexibility index (Phi) is 3.88. The highest BCUT2D eigenvalue weighted by Crippen LogP contribution is 2.36. The number of nitrogens with zero attached hydrogens (tertiary/aromatic N) is 5. The first-order valence-electron chi connectivity index (χ1n) is 9.55. The largest absolute Gasteiger partial charge is 0.446 e. The number of carbonyl (C=O) groups excluding carboxylic acids is 1. The van der Waals surface area contributed by atoms with Crippen molar-refractivity contribution in [1.82, 2.24) is 19.7 Å². The Morgan fingerprint density at radius 3 is 2.74 bits per heavy atom. The number of piperazine rings is 1. The molecule has 5 rings (SSSR count). The van der Waals surface area contributed by atoms with Crippen LogP contribution in [-0.4, -0.2) is 58.0 Å². The second-order valence-corrected chi connectivity index (χ2v) is 7.50. The van der Waals surface area contributed by atoms with E-state index in [1.54, 1.807) is 0 Å². The van der Waals surface area contributed by atoms with Crippen molar-refractivity contribution in [3.05, 3.63) is 41.5 Å². The Morgan fingerprint density at radius 2 is 2.04 bits per heavy atom. The van der Waals surface area contributed by atoms with Crippen LogP contribution >= 0.6 is 0 Å². The molecule has 0 atom stereocenters. The van der Waals surface area contributed by atoms with E-state index in [1.807, 2.05) is 35.2 Å². The zero-order valence-electron chi connectivity index (χ0n) is 15.5. The molecule has 0 unspecified atom stereocenters. The van der Waals surface area contributed by atoms with Crippen molar-refractivity contribution in [2.75, 3.05) is 31.1 Å². The van der Waals surface area contributed by atoms with Crippen LogP contribution in [0.5, 0.6) is 0 Å². The third kappa shape index (κ3) is 3.18. The van der Waals surface area contributed by atoms with Crippen molar-refractivity contribution in [2.24, 2.45) is 7.05 Å². The molecule has 1 amide bonds. The van der Waals surface area contributed by atoms with Gasteiger partial charge in [-0.3, -0.25) is 9.67 Å². The van der Waals surface area contributed by atoms with Crippen molar-refractivity contribution in [2.45, 2.75) is 25.4 Å². The number of ether oxygens (including phenoxy) is 1. The molecule has 27 heavy (non-hydrogen) atoms. The van der Waals surface area contributed by atoms with Crippen molar-refractivity contribution in [3.8, 4) is 0 Å². The van der Waals surface area contributed by atoms with Crippen molar-refractivity contribution in [1.29, 1.82) is 0 Å². The third-order valence-electron chi connectivity index (χ3n) is 5.47. The molecule has 0 bridgehead atoms. The Balaban J connectivity index is 1.32. The molecule has 3 aliphatic rings. The molecular weight excluding hydrogens is 342 g/mol. The van der Waals surface area contributed by atoms with E-state index in [-0.39, 0.29) is 12.2 Å². The van der Waals surface area contributed by atoms with Gasteiger partial charge in [-0.2, -0.15) is 5.10 Å². The second-order valence-electron chi connectivity index (χ2n) is 7.50. The highest BCUT2D eigenvalue weighted by molar-refractivity contribution is 5.91. The van der Waals surface area contributed by atoms with Crippen LogP contribution in [0.3, 0.4) is 0 Å². The molecule has 2 aromatic heterocycles. The maximum Gasteiger partial charge on any atom is 0.410 e. The molecule has 140 valence electrons. The average molecular weight is 365 g/mol. The number of fused-ring (bicyclic) bond motifs is 1. The summed E-state index contributed by atoms with van der Waals surface area (Å²) >= 11 is 0. The summed E-state index contributed by atoms with van der Waals surface area (Å²) in [5, 5.41) is 4.28. The van der Waals surface area contributed by atoms with Crippen LogP contribution in [-0.2, 0) is 18.2 Å². The Labute approximate surface area is 158 Å². The fourth-order valence-electron chi connectivity index (χ4n) is 3.79. The Bertz CT molecular complexity index is 907. The smallest absolute Gasteiger partial charge is 0.410 e. The minimum atomic E-state index is -0.157. The van der Waals surface area contributed by atoms with Gasteiger partial charge in [-0.25, -0.2) is 4.79 Å². The van der Waals surface area contributed by atoms with E-state index in [0.717, 1.165) is 43.6 Å². The fourth-order valence-corrected chi connectivity index (χ4v) is 3.79. The summed E-state index contributed by atoms with van der Waals surface area (Å²) < 4.78 is 7.25. The average Bonchev–Trinajstić information content (AvgIpc) is 3.21. The summed E-state index contributed by atoms with van der Waals surface area (Å²) in [6.45, 7) is 3.02. The first-order valence-corrected chi connectivity index (χ1v) is 9.55. The third-order valence-corrected chi connectivity index (χ3v) is 5.47. The Hall–Kier alpha value is -2.83. The van der Waals surface area contributed by atoms with Crippen molar-refractivity contribution < 1.29 is 9.53 Å². The number of pyridine rings is 1. The number of aryl methyl sites for hydroxylation is 1. The van der Waals surface area contributed by atoms with Crippen LogP contribution in [0.25, 0.3) is 11.6 Å². The van der Waals surface area contributed by atoms with Gasteiger partial charge in [-0.05, 0) is 30.6 Å². The normalized spacial score (nSPS) is 19.1. The fraction of sp³-hybridized carbons (Fsp3) is 0.450. The predicted molar refractivity (Wildman–Crippen MR) is 102 cm³/mol. The van der Waals surface area contributed by atoms with E-state index < -0.39 is 0 Å². The maximum absolute atomic E-state index is 12.1. The topological polar surface area (TPSA) is 63.5 Å². The predicted octanol–water partition coefficient (Wildman–Crippen LogP) is 2.33. The number of hydrogen-bond acceptors (Lipinski definition) is 5. The minimum Gasteiger partial charge on any atom is -0.446 e. The van der Waals surface area contributed by atoms with Gasteiger partial charge < -0.3 is 14.5 Å². The molecule has 1 saturated carbocycles. The van der Waals surface area contributed by atoms with E-state index in [0.29, 0.717) is 13.1 Å². The molecule has 3 heterocycles. The lowest BCUT2D eigenvalue weighted by molar-refractivity contribution is 0.0939. The van der Waals surface area contributed by atoms with Gasteiger partial charge in [0.2, 0.25) is 0 Å². The molecule has 0 radical (unpaired) electrons. The standard InChI is InChI=1S/C20H23N5O2/c1-23-13-15(12-22-23)14-10-17-18(11-14)21-5-4-19(17)24-6-8-25(9-7-24)20(26)27-16-2-3-16/h4-5,10,12-13,16H,2-3,6-9,11H2,1H3. The summed E-state index contributed by atoms with van der Waals surface area (Å²) in [5.74, 6) is 0. The van der Waals surface area contributed by atoms with Gasteiger partial charge in [0, 0.05) is 68.9 Å². The molecule has 7 nitrogen and oxygen atoms in total. The highest BCUT2D eigenvalue weighted by Gasteiger charge is 2.31. The Morgan fingerprint density at radius 1 is 1.22 bits per heavy atom. The van der Waals surface area contributed by atoms with Crippen LogP contribution in [0.15, 0.2) is 24.7 Å². The van der Waals surface area contributed by atoms with Crippen LogP contribution in [0.2, 0.25) is 0 Å². The van der Waals surface area contributed by atoms with Crippen molar-refractivity contribution in [3.63, 3.8) is 0 Å². The SMILES string of the molecule is Cn1cc(C2=Cc3c(N4CCN(C(=O)OC5CC5)CC4)ccnc3C2)cn1. The lowest BCUT2D eigenvalue weighted by atomic mass is 10.1. The van der Waals surface area contributed by atoms with E-state index in [2.05, 4.69) is 27.1 Å². The van der Waals surface area contributed by atoms with Gasteiger partial charge in [0.15, 0.2) is 0 Å². The summed E-state index contributed by atoms with van der Waals surface area (Å²) in [6.07, 6.45) is 10.9. The lowest BCUT2D eigenvalue weighted by Crippen LogP contribution is -2.49. The summed E-state index contributed by atoms with van der Waals surface area (Å²) in [6, 6.07) is 2.08. The number of rotatable bonds is 3. The zero-order valence-corrected chi connectivity index (χ0v) is 15.5. The summed E-state index contributed by atoms with van der Waals surface area (Å²) in [5.41, 5.74) is 5.92. The molecule has 0 aromatic carbocycles. The first-order chi connectivity index (χ1) is 13.2. The van der Waals surface area contributed by atoms with E-state index in [9.17, 15) is 4.79 Å². The maximum atomic E-state index is 12.1. The first kappa shape index (κ1) is 16.4. The van der Waals surface area contributed by atoms with Crippen LogP contribution in [0.1, 0.15) is 29.7 Å². The van der Waals surface area contributed by atoms with Gasteiger partial charge in [-0.1, -0.05) is 0 Å². The molecule has 1 aliphatic heterocycles. The molecule has 2 aliphatic carbocycles. The van der Waals surface area contributed by atoms with Crippen molar-refractivity contribution >= 4 is 23.4 Å². The number of carbonyl (C=O) groups is 1. The zero-order chi connectivity index (χ0) is 18.4. The lowest BCUT2D eigenvalue weighted by Gasteiger charge is -2.36. The van der Waals surface area contributed by atoms with Gasteiger partial charge in [0.25, 0.3) is 0 Å². The van der Waals surface area contributed by atoms with Gasteiger partial charge in [0.05, 0.1) is 11.9 Å². The molecular formula is C20H23N5O2. The molecule has 7 heteroatoms. The van der Waals surface area contributed by atoms with E-state index in [4.69, 9.17) is 4.74 Å². The molecule has 1 saturated heterocycles. The quantitative estimate of drug-likeness (QED) is 0.835.